The number of nitrogen functional groups attached to an aromatic ring is 1. The Kier molecular flexibility index (Phi) is 3.72. The average Bonchev–Trinajstić information content (AvgIpc) is 2.85. The van der Waals surface area contributed by atoms with Crippen LogP contribution in [-0.4, -0.2) is 40.5 Å². The average molecular weight is 368 g/mol. The van der Waals surface area contributed by atoms with Crippen molar-refractivity contribution in [3.05, 3.63) is 17.0 Å². The Morgan fingerprint density at radius 3 is 3.05 bits per heavy atom. The fourth-order valence-electron chi connectivity index (χ4n) is 3.05. The third kappa shape index (κ3) is 2.31. The molecule has 1 saturated heterocycles. The van der Waals surface area contributed by atoms with E-state index in [1.807, 2.05) is 17.5 Å². The fraction of sp³-hybridized carbons (Fsp3) is 0.500. The van der Waals surface area contributed by atoms with Crippen molar-refractivity contribution in [2.45, 2.75) is 19.8 Å². The molecule has 0 spiro atoms. The highest BCUT2D eigenvalue weighted by atomic mass is 79.9. The number of carbonyl (C=O) groups is 1. The molecule has 2 aromatic rings. The van der Waals surface area contributed by atoms with Crippen molar-refractivity contribution < 1.29 is 9.53 Å². The first-order valence-electron chi connectivity index (χ1n) is 7.08. The van der Waals surface area contributed by atoms with Gasteiger partial charge in [-0.25, -0.2) is 9.97 Å². The van der Waals surface area contributed by atoms with E-state index in [-0.39, 0.29) is 5.97 Å². The van der Waals surface area contributed by atoms with E-state index in [1.165, 1.54) is 7.11 Å². The molecule has 2 aromatic heterocycles. The van der Waals surface area contributed by atoms with Crippen LogP contribution in [0.25, 0.3) is 5.52 Å². The highest BCUT2D eigenvalue weighted by Gasteiger charge is 2.40. The Morgan fingerprint density at radius 1 is 1.55 bits per heavy atom. The molecule has 3 heterocycles. The Balaban J connectivity index is 2.01. The maximum atomic E-state index is 12.1. The molecule has 0 amide bonds. The van der Waals surface area contributed by atoms with Gasteiger partial charge in [-0.15, -0.1) is 0 Å². The van der Waals surface area contributed by atoms with Gasteiger partial charge in [0, 0.05) is 25.5 Å². The second-order valence-electron chi connectivity index (χ2n) is 5.81. The number of carbonyl (C=O) groups excluding carboxylic acids is 1. The summed E-state index contributed by atoms with van der Waals surface area (Å²) in [5.74, 6) is 0.991. The first-order chi connectivity index (χ1) is 10.5. The lowest BCUT2D eigenvalue weighted by molar-refractivity contribution is -0.152. The monoisotopic (exact) mass is 367 g/mol. The minimum absolute atomic E-state index is 0.182. The van der Waals surface area contributed by atoms with Gasteiger partial charge < -0.3 is 15.4 Å². The number of halogens is 1. The molecule has 0 aromatic carbocycles. The molecule has 0 bridgehead atoms. The molecule has 0 saturated carbocycles. The van der Waals surface area contributed by atoms with Crippen LogP contribution in [0.4, 0.5) is 11.8 Å². The topological polar surface area (TPSA) is 85.8 Å². The fourth-order valence-corrected chi connectivity index (χ4v) is 3.60. The summed E-state index contributed by atoms with van der Waals surface area (Å²) < 4.78 is 7.51. The van der Waals surface area contributed by atoms with Crippen LogP contribution in [0, 0.1) is 5.41 Å². The van der Waals surface area contributed by atoms with Gasteiger partial charge in [0.2, 0.25) is 5.95 Å². The van der Waals surface area contributed by atoms with Gasteiger partial charge in [0.05, 0.1) is 12.5 Å². The van der Waals surface area contributed by atoms with Crippen molar-refractivity contribution in [3.63, 3.8) is 0 Å². The van der Waals surface area contributed by atoms with Crippen LogP contribution < -0.4 is 10.6 Å². The number of ether oxygens (including phenoxy) is 1. The van der Waals surface area contributed by atoms with Crippen LogP contribution in [0.2, 0.25) is 0 Å². The number of imidazole rings is 1. The maximum absolute atomic E-state index is 12.1. The molecule has 22 heavy (non-hydrogen) atoms. The number of methoxy groups -OCH3 is 1. The molecule has 1 aliphatic heterocycles. The van der Waals surface area contributed by atoms with Crippen molar-refractivity contribution in [3.8, 4) is 0 Å². The summed E-state index contributed by atoms with van der Waals surface area (Å²) in [4.78, 5) is 22.8. The van der Waals surface area contributed by atoms with Crippen molar-refractivity contribution in [1.82, 2.24) is 14.4 Å². The first-order valence-corrected chi connectivity index (χ1v) is 7.87. The van der Waals surface area contributed by atoms with Gasteiger partial charge in [0.1, 0.15) is 10.1 Å². The lowest BCUT2D eigenvalue weighted by Crippen LogP contribution is -2.47. The maximum Gasteiger partial charge on any atom is 0.313 e. The Morgan fingerprint density at radius 2 is 2.32 bits per heavy atom. The molecule has 1 unspecified atom stereocenters. The number of piperidine rings is 1. The molecule has 1 atom stereocenters. The highest BCUT2D eigenvalue weighted by Crippen LogP contribution is 2.35. The Bertz CT molecular complexity index is 731. The smallest absolute Gasteiger partial charge is 0.313 e. The van der Waals surface area contributed by atoms with Gasteiger partial charge in [0.15, 0.2) is 5.82 Å². The molecule has 0 radical (unpaired) electrons. The zero-order valence-electron chi connectivity index (χ0n) is 12.5. The normalized spacial score (nSPS) is 22.0. The van der Waals surface area contributed by atoms with Gasteiger partial charge in [-0.1, -0.05) is 0 Å². The van der Waals surface area contributed by atoms with Gasteiger partial charge in [0.25, 0.3) is 0 Å². The highest BCUT2D eigenvalue weighted by molar-refractivity contribution is 9.10. The third-order valence-electron chi connectivity index (χ3n) is 4.18. The molecule has 1 fully saturated rings. The number of nitrogens with zero attached hydrogens (tertiary/aromatic N) is 4. The van der Waals surface area contributed by atoms with Gasteiger partial charge >= 0.3 is 5.97 Å². The van der Waals surface area contributed by atoms with Crippen molar-refractivity contribution >= 4 is 39.2 Å². The molecule has 8 heteroatoms. The first kappa shape index (κ1) is 15.1. The summed E-state index contributed by atoms with van der Waals surface area (Å²) in [6.07, 6.45) is 5.18. The Hall–Kier alpha value is -1.83. The van der Waals surface area contributed by atoms with Gasteiger partial charge in [-0.2, -0.15) is 0 Å². The van der Waals surface area contributed by atoms with Gasteiger partial charge in [-0.05, 0) is 35.7 Å². The minimum Gasteiger partial charge on any atom is -0.469 e. The molecule has 1 aliphatic rings. The number of fused-ring (bicyclic) bond motifs is 1. The van der Waals surface area contributed by atoms with Crippen LogP contribution >= 0.6 is 15.9 Å². The summed E-state index contributed by atoms with van der Waals surface area (Å²) in [6.45, 7) is 3.33. The van der Waals surface area contributed by atoms with Crippen molar-refractivity contribution in [1.29, 1.82) is 0 Å². The van der Waals surface area contributed by atoms with E-state index >= 15 is 0 Å². The summed E-state index contributed by atoms with van der Waals surface area (Å²) >= 11 is 3.44. The van der Waals surface area contributed by atoms with Crippen molar-refractivity contribution in [2.75, 3.05) is 30.8 Å². The van der Waals surface area contributed by atoms with Crippen LogP contribution in [0.15, 0.2) is 17.0 Å². The number of hydrogen-bond donors (Lipinski definition) is 1. The van der Waals surface area contributed by atoms with E-state index in [4.69, 9.17) is 10.5 Å². The molecule has 118 valence electrons. The molecular weight excluding hydrogens is 350 g/mol. The van der Waals surface area contributed by atoms with Crippen molar-refractivity contribution in [2.24, 2.45) is 5.41 Å². The summed E-state index contributed by atoms with van der Waals surface area (Å²) in [6, 6.07) is 0. The second-order valence-corrected chi connectivity index (χ2v) is 6.56. The van der Waals surface area contributed by atoms with Crippen LogP contribution in [0.1, 0.15) is 19.8 Å². The summed E-state index contributed by atoms with van der Waals surface area (Å²) in [5.41, 5.74) is 6.14. The standard InChI is InChI=1S/C14H18BrN5O2/c1-14(12(21)22-2)4-3-6-19(8-14)13-18-10(15)9-11(16)17-5-7-20(9)13/h5,7H,3-4,6,8H2,1-2H3,(H2,16,17). The second kappa shape index (κ2) is 5.42. The van der Waals surface area contributed by atoms with Crippen LogP contribution in [-0.2, 0) is 9.53 Å². The summed E-state index contributed by atoms with van der Waals surface area (Å²) in [5, 5.41) is 0. The Labute approximate surface area is 136 Å². The zero-order valence-corrected chi connectivity index (χ0v) is 14.1. The SMILES string of the molecule is COC(=O)C1(C)CCCN(c2nc(Br)c3c(N)nccn23)C1. The molecule has 7 nitrogen and oxygen atoms in total. The summed E-state index contributed by atoms with van der Waals surface area (Å²) in [7, 11) is 1.43. The van der Waals surface area contributed by atoms with E-state index in [2.05, 4.69) is 30.8 Å². The predicted molar refractivity (Wildman–Crippen MR) is 86.7 cm³/mol. The number of rotatable bonds is 2. The molecule has 0 aliphatic carbocycles. The van der Waals surface area contributed by atoms with Crippen LogP contribution in [0.5, 0.6) is 0 Å². The largest absolute Gasteiger partial charge is 0.469 e. The molecular formula is C14H18BrN5O2. The molecule has 3 rings (SSSR count). The van der Waals surface area contributed by atoms with E-state index in [9.17, 15) is 4.79 Å². The number of hydrogen-bond acceptors (Lipinski definition) is 6. The number of anilines is 2. The zero-order chi connectivity index (χ0) is 15.9. The number of aromatic nitrogens is 3. The predicted octanol–water partition coefficient (Wildman–Crippen LogP) is 1.85. The lowest BCUT2D eigenvalue weighted by atomic mass is 9.82. The van der Waals surface area contributed by atoms with Gasteiger partial charge in [-0.3, -0.25) is 9.20 Å². The quantitative estimate of drug-likeness (QED) is 0.815. The minimum atomic E-state index is -0.524. The van der Waals surface area contributed by atoms with E-state index < -0.39 is 5.41 Å². The molecule has 2 N–H and O–H groups in total. The third-order valence-corrected chi connectivity index (χ3v) is 4.73. The number of nitrogens with two attached hydrogens (primary N) is 1. The number of esters is 1. The lowest BCUT2D eigenvalue weighted by Gasteiger charge is -2.38. The van der Waals surface area contributed by atoms with Crippen LogP contribution in [0.3, 0.4) is 0 Å². The van der Waals surface area contributed by atoms with E-state index in [0.29, 0.717) is 17.0 Å². The van der Waals surface area contributed by atoms with E-state index in [0.717, 1.165) is 30.9 Å². The van der Waals surface area contributed by atoms with E-state index in [1.54, 1.807) is 6.20 Å².